The lowest BCUT2D eigenvalue weighted by atomic mass is 9.77. The predicted molar refractivity (Wildman–Crippen MR) is 72.3 cm³/mol. The third-order valence-corrected chi connectivity index (χ3v) is 5.27. The number of piperidine rings is 1. The molecular weight excluding hydrogens is 224 g/mol. The summed E-state index contributed by atoms with van der Waals surface area (Å²) in [6.07, 6.45) is 10.2. The number of rotatable bonds is 2. The van der Waals surface area contributed by atoms with E-state index in [2.05, 4.69) is 10.2 Å². The van der Waals surface area contributed by atoms with Gasteiger partial charge in [-0.3, -0.25) is 4.79 Å². The summed E-state index contributed by atoms with van der Waals surface area (Å²) in [5.74, 6) is 1.25. The Morgan fingerprint density at radius 2 is 2.00 bits per heavy atom. The molecule has 0 aromatic carbocycles. The maximum absolute atomic E-state index is 12.7. The molecule has 18 heavy (non-hydrogen) atoms. The topological polar surface area (TPSA) is 32.3 Å². The number of likely N-dealkylation sites (tertiary alicyclic amines) is 1. The van der Waals surface area contributed by atoms with E-state index < -0.39 is 0 Å². The van der Waals surface area contributed by atoms with E-state index in [4.69, 9.17) is 0 Å². The first-order valence-electron chi connectivity index (χ1n) is 7.80. The second-order valence-corrected chi connectivity index (χ2v) is 6.57. The zero-order chi connectivity index (χ0) is 12.4. The molecule has 1 aliphatic carbocycles. The van der Waals surface area contributed by atoms with Crippen LogP contribution in [-0.4, -0.2) is 37.0 Å². The summed E-state index contributed by atoms with van der Waals surface area (Å²) in [5.41, 5.74) is -0.0209. The highest BCUT2D eigenvalue weighted by atomic mass is 16.2. The van der Waals surface area contributed by atoms with Crippen molar-refractivity contribution < 1.29 is 4.79 Å². The fraction of sp³-hybridized carbons (Fsp3) is 0.933. The van der Waals surface area contributed by atoms with Gasteiger partial charge in [-0.05, 0) is 44.6 Å². The number of hydrogen-bond acceptors (Lipinski definition) is 2. The summed E-state index contributed by atoms with van der Waals surface area (Å²) in [6, 6.07) is 0. The zero-order valence-electron chi connectivity index (χ0n) is 11.4. The van der Waals surface area contributed by atoms with Gasteiger partial charge in [0.05, 0.1) is 5.41 Å². The van der Waals surface area contributed by atoms with Crippen molar-refractivity contribution in [1.29, 1.82) is 0 Å². The molecule has 3 aliphatic rings. The molecule has 0 radical (unpaired) electrons. The van der Waals surface area contributed by atoms with E-state index in [1.807, 2.05) is 0 Å². The van der Waals surface area contributed by atoms with Crippen LogP contribution in [0, 0.1) is 11.3 Å². The van der Waals surface area contributed by atoms with Crippen LogP contribution in [0.25, 0.3) is 0 Å². The van der Waals surface area contributed by atoms with Crippen molar-refractivity contribution >= 4 is 5.91 Å². The molecule has 2 saturated heterocycles. The van der Waals surface area contributed by atoms with Gasteiger partial charge in [0.25, 0.3) is 0 Å². The normalized spacial score (nSPS) is 34.4. The minimum atomic E-state index is -0.0209. The fourth-order valence-corrected chi connectivity index (χ4v) is 4.15. The molecule has 1 unspecified atom stereocenters. The van der Waals surface area contributed by atoms with Gasteiger partial charge in [-0.25, -0.2) is 0 Å². The Morgan fingerprint density at radius 1 is 1.17 bits per heavy atom. The molecule has 3 fully saturated rings. The van der Waals surface area contributed by atoms with Crippen molar-refractivity contribution in [3.63, 3.8) is 0 Å². The molecule has 3 nitrogen and oxygen atoms in total. The Labute approximate surface area is 110 Å². The molecule has 2 heterocycles. The Balaban J connectivity index is 1.62. The summed E-state index contributed by atoms with van der Waals surface area (Å²) in [6.45, 7) is 4.01. The van der Waals surface area contributed by atoms with Gasteiger partial charge in [0.1, 0.15) is 0 Å². The van der Waals surface area contributed by atoms with Gasteiger partial charge in [0.15, 0.2) is 0 Å². The van der Waals surface area contributed by atoms with Crippen LogP contribution in [0.4, 0.5) is 0 Å². The van der Waals surface area contributed by atoms with Crippen molar-refractivity contribution in [2.75, 3.05) is 26.2 Å². The van der Waals surface area contributed by atoms with Crippen molar-refractivity contribution in [1.82, 2.24) is 10.2 Å². The highest BCUT2D eigenvalue weighted by Gasteiger charge is 2.45. The SMILES string of the molecule is O=C1N(CC2CCCCC2)CCCC12CCNC2. The average Bonchev–Trinajstić information content (AvgIpc) is 2.86. The van der Waals surface area contributed by atoms with Crippen molar-refractivity contribution in [3.8, 4) is 0 Å². The minimum Gasteiger partial charge on any atom is -0.342 e. The van der Waals surface area contributed by atoms with Crippen LogP contribution in [-0.2, 0) is 4.79 Å². The number of amides is 1. The third-order valence-electron chi connectivity index (χ3n) is 5.27. The van der Waals surface area contributed by atoms with E-state index >= 15 is 0 Å². The summed E-state index contributed by atoms with van der Waals surface area (Å²) in [7, 11) is 0. The van der Waals surface area contributed by atoms with Gasteiger partial charge in [0.2, 0.25) is 5.91 Å². The second-order valence-electron chi connectivity index (χ2n) is 6.57. The molecule has 3 heteroatoms. The number of carbonyl (C=O) groups is 1. The van der Waals surface area contributed by atoms with E-state index in [0.29, 0.717) is 5.91 Å². The molecule has 0 bridgehead atoms. The molecular formula is C15H26N2O. The Bertz CT molecular complexity index is 304. The predicted octanol–water partition coefficient (Wildman–Crippen LogP) is 2.17. The maximum atomic E-state index is 12.7. The number of hydrogen-bond donors (Lipinski definition) is 1. The molecule has 0 aromatic heterocycles. The van der Waals surface area contributed by atoms with E-state index in [1.165, 1.54) is 38.5 Å². The van der Waals surface area contributed by atoms with Gasteiger partial charge >= 0.3 is 0 Å². The van der Waals surface area contributed by atoms with Crippen LogP contribution in [0.1, 0.15) is 51.4 Å². The smallest absolute Gasteiger partial charge is 0.230 e. The van der Waals surface area contributed by atoms with Gasteiger partial charge in [0, 0.05) is 19.6 Å². The summed E-state index contributed by atoms with van der Waals surface area (Å²) in [5, 5.41) is 3.39. The van der Waals surface area contributed by atoms with Crippen molar-refractivity contribution in [2.45, 2.75) is 51.4 Å². The fourth-order valence-electron chi connectivity index (χ4n) is 4.15. The Morgan fingerprint density at radius 3 is 2.72 bits per heavy atom. The maximum Gasteiger partial charge on any atom is 0.230 e. The first-order chi connectivity index (χ1) is 8.80. The largest absolute Gasteiger partial charge is 0.342 e. The number of nitrogens with zero attached hydrogens (tertiary/aromatic N) is 1. The average molecular weight is 250 g/mol. The van der Waals surface area contributed by atoms with E-state index in [9.17, 15) is 4.79 Å². The van der Waals surface area contributed by atoms with Crippen LogP contribution in [0.2, 0.25) is 0 Å². The quantitative estimate of drug-likeness (QED) is 0.814. The van der Waals surface area contributed by atoms with Crippen LogP contribution in [0.15, 0.2) is 0 Å². The van der Waals surface area contributed by atoms with Gasteiger partial charge < -0.3 is 10.2 Å². The van der Waals surface area contributed by atoms with Crippen molar-refractivity contribution in [3.05, 3.63) is 0 Å². The number of carbonyl (C=O) groups excluding carboxylic acids is 1. The monoisotopic (exact) mass is 250 g/mol. The molecule has 1 N–H and O–H groups in total. The van der Waals surface area contributed by atoms with E-state index in [0.717, 1.165) is 44.9 Å². The Kier molecular flexibility index (Phi) is 3.60. The Hall–Kier alpha value is -0.570. The minimum absolute atomic E-state index is 0.0209. The van der Waals surface area contributed by atoms with Crippen LogP contribution >= 0.6 is 0 Å². The summed E-state index contributed by atoms with van der Waals surface area (Å²) < 4.78 is 0. The first kappa shape index (κ1) is 12.5. The van der Waals surface area contributed by atoms with Crippen molar-refractivity contribution in [2.24, 2.45) is 11.3 Å². The number of nitrogens with one attached hydrogen (secondary N) is 1. The summed E-state index contributed by atoms with van der Waals surface area (Å²) in [4.78, 5) is 14.9. The standard InChI is InChI=1S/C15H26N2O/c18-14-15(8-9-16-12-15)7-4-10-17(14)11-13-5-2-1-3-6-13/h13,16H,1-12H2. The molecule has 1 atom stereocenters. The van der Waals surface area contributed by atoms with Crippen LogP contribution in [0.5, 0.6) is 0 Å². The lowest BCUT2D eigenvalue weighted by molar-refractivity contribution is -0.146. The van der Waals surface area contributed by atoms with Crippen LogP contribution < -0.4 is 5.32 Å². The highest BCUT2D eigenvalue weighted by Crippen LogP contribution is 2.37. The molecule has 1 amide bonds. The van der Waals surface area contributed by atoms with Crippen LogP contribution in [0.3, 0.4) is 0 Å². The van der Waals surface area contributed by atoms with Gasteiger partial charge in [-0.1, -0.05) is 19.3 Å². The molecule has 1 saturated carbocycles. The molecule has 102 valence electrons. The second kappa shape index (κ2) is 5.20. The first-order valence-corrected chi connectivity index (χ1v) is 7.80. The molecule has 1 spiro atoms. The molecule has 3 rings (SSSR count). The summed E-state index contributed by atoms with van der Waals surface area (Å²) >= 11 is 0. The van der Waals surface area contributed by atoms with Gasteiger partial charge in [-0.15, -0.1) is 0 Å². The lowest BCUT2D eigenvalue weighted by Gasteiger charge is -2.41. The third kappa shape index (κ3) is 2.29. The highest BCUT2D eigenvalue weighted by molar-refractivity contribution is 5.84. The molecule has 2 aliphatic heterocycles. The lowest BCUT2D eigenvalue weighted by Crippen LogP contribution is -2.51. The van der Waals surface area contributed by atoms with E-state index in [-0.39, 0.29) is 5.41 Å². The molecule has 0 aromatic rings. The zero-order valence-corrected chi connectivity index (χ0v) is 11.4. The van der Waals surface area contributed by atoms with E-state index in [1.54, 1.807) is 0 Å². The van der Waals surface area contributed by atoms with Gasteiger partial charge in [-0.2, -0.15) is 0 Å².